The van der Waals surface area contributed by atoms with Crippen LogP contribution in [-0.4, -0.2) is 13.1 Å². The Morgan fingerprint density at radius 3 is 2.69 bits per heavy atom. The van der Waals surface area contributed by atoms with Gasteiger partial charge in [0.15, 0.2) is 0 Å². The van der Waals surface area contributed by atoms with Crippen molar-refractivity contribution in [2.24, 2.45) is 5.92 Å². The predicted octanol–water partition coefficient (Wildman–Crippen LogP) is 3.56. The Labute approximate surface area is 99.6 Å². The highest BCUT2D eigenvalue weighted by Crippen LogP contribution is 2.11. The summed E-state index contributed by atoms with van der Waals surface area (Å²) >= 11 is 0. The minimum absolute atomic E-state index is 0.717. The van der Waals surface area contributed by atoms with E-state index in [0.29, 0.717) is 5.92 Å². The van der Waals surface area contributed by atoms with E-state index in [0.717, 1.165) is 13.1 Å². The molecule has 0 saturated carbocycles. The molecule has 1 rings (SSSR count). The molecule has 1 N–H and O–H groups in total. The fourth-order valence-electron chi connectivity index (χ4n) is 1.58. The van der Waals surface area contributed by atoms with Gasteiger partial charge in [-0.1, -0.05) is 49.8 Å². The van der Waals surface area contributed by atoms with Gasteiger partial charge in [0.25, 0.3) is 0 Å². The molecular weight excluding hydrogens is 194 g/mol. The Bertz CT molecular complexity index is 350. The first-order valence-electron chi connectivity index (χ1n) is 6.04. The zero-order chi connectivity index (χ0) is 12.0. The van der Waals surface area contributed by atoms with Crippen molar-refractivity contribution in [2.75, 3.05) is 13.1 Å². The summed E-state index contributed by atoms with van der Waals surface area (Å²) in [5.74, 6) is 0.717. The van der Waals surface area contributed by atoms with Crippen molar-refractivity contribution < 1.29 is 0 Å². The average Bonchev–Trinajstić information content (AvgIpc) is 2.22. The second kappa shape index (κ2) is 6.49. The van der Waals surface area contributed by atoms with Gasteiger partial charge in [-0.3, -0.25) is 0 Å². The fourth-order valence-corrected chi connectivity index (χ4v) is 1.58. The molecule has 0 amide bonds. The number of nitrogens with one attached hydrogen (secondary N) is 1. The lowest BCUT2D eigenvalue weighted by molar-refractivity contribution is 0.577. The van der Waals surface area contributed by atoms with Gasteiger partial charge < -0.3 is 5.32 Å². The zero-order valence-corrected chi connectivity index (χ0v) is 10.9. The molecule has 0 aromatic heterocycles. The van der Waals surface area contributed by atoms with Crippen LogP contribution in [0.2, 0.25) is 0 Å². The molecule has 0 heterocycles. The molecule has 1 nitrogen and oxygen atoms in total. The van der Waals surface area contributed by atoms with Crippen LogP contribution in [0.25, 0.3) is 6.08 Å². The van der Waals surface area contributed by atoms with Crippen LogP contribution in [0, 0.1) is 19.8 Å². The molecule has 0 unspecified atom stereocenters. The lowest BCUT2D eigenvalue weighted by atomic mass is 10.1. The minimum Gasteiger partial charge on any atom is -0.313 e. The summed E-state index contributed by atoms with van der Waals surface area (Å²) in [5.41, 5.74) is 3.98. The first-order chi connectivity index (χ1) is 7.59. The summed E-state index contributed by atoms with van der Waals surface area (Å²) in [7, 11) is 0. The van der Waals surface area contributed by atoms with Gasteiger partial charge >= 0.3 is 0 Å². The van der Waals surface area contributed by atoms with Crippen molar-refractivity contribution in [1.29, 1.82) is 0 Å². The Hall–Kier alpha value is -1.08. The molecule has 0 aliphatic heterocycles. The van der Waals surface area contributed by atoms with Crippen molar-refractivity contribution in [2.45, 2.75) is 27.7 Å². The molecule has 1 aromatic rings. The van der Waals surface area contributed by atoms with E-state index >= 15 is 0 Å². The van der Waals surface area contributed by atoms with Gasteiger partial charge in [-0.05, 0) is 37.4 Å². The van der Waals surface area contributed by atoms with Crippen molar-refractivity contribution in [3.8, 4) is 0 Å². The number of aryl methyl sites for hydroxylation is 2. The number of hydrogen-bond acceptors (Lipinski definition) is 1. The van der Waals surface area contributed by atoms with Gasteiger partial charge in [0.05, 0.1) is 0 Å². The highest BCUT2D eigenvalue weighted by molar-refractivity contribution is 5.54. The van der Waals surface area contributed by atoms with Crippen LogP contribution in [-0.2, 0) is 0 Å². The molecule has 16 heavy (non-hydrogen) atoms. The van der Waals surface area contributed by atoms with E-state index in [2.05, 4.69) is 63.4 Å². The van der Waals surface area contributed by atoms with Gasteiger partial charge in [-0.15, -0.1) is 0 Å². The maximum atomic E-state index is 3.40. The summed E-state index contributed by atoms with van der Waals surface area (Å²) in [4.78, 5) is 0. The second-order valence-corrected chi connectivity index (χ2v) is 4.81. The predicted molar refractivity (Wildman–Crippen MR) is 72.7 cm³/mol. The van der Waals surface area contributed by atoms with Crippen LogP contribution in [0.1, 0.15) is 30.5 Å². The van der Waals surface area contributed by atoms with Crippen LogP contribution in [0.15, 0.2) is 24.3 Å². The van der Waals surface area contributed by atoms with E-state index < -0.39 is 0 Å². The van der Waals surface area contributed by atoms with E-state index in [4.69, 9.17) is 0 Å². The van der Waals surface area contributed by atoms with Crippen molar-refractivity contribution in [1.82, 2.24) is 5.32 Å². The maximum absolute atomic E-state index is 3.40. The second-order valence-electron chi connectivity index (χ2n) is 4.81. The van der Waals surface area contributed by atoms with E-state index in [9.17, 15) is 0 Å². The third kappa shape index (κ3) is 4.63. The molecule has 0 saturated heterocycles. The number of rotatable bonds is 5. The first-order valence-corrected chi connectivity index (χ1v) is 6.04. The highest BCUT2D eigenvalue weighted by Gasteiger charge is 1.94. The van der Waals surface area contributed by atoms with Gasteiger partial charge in [0.1, 0.15) is 0 Å². The summed E-state index contributed by atoms with van der Waals surface area (Å²) in [6, 6.07) is 6.56. The van der Waals surface area contributed by atoms with Crippen molar-refractivity contribution >= 4 is 6.08 Å². The van der Waals surface area contributed by atoms with E-state index in [1.54, 1.807) is 0 Å². The molecule has 1 heteroatoms. The Kier molecular flexibility index (Phi) is 5.27. The van der Waals surface area contributed by atoms with Crippen LogP contribution in [0.5, 0.6) is 0 Å². The van der Waals surface area contributed by atoms with E-state index in [1.807, 2.05) is 0 Å². The van der Waals surface area contributed by atoms with Crippen LogP contribution in [0.4, 0.5) is 0 Å². The standard InChI is InChI=1S/C15H23N/c1-12(2)11-16-9-5-6-15-10-13(3)7-8-14(15)4/h5-8,10,12,16H,9,11H2,1-4H3. The number of benzene rings is 1. The Morgan fingerprint density at radius 1 is 1.25 bits per heavy atom. The topological polar surface area (TPSA) is 12.0 Å². The molecule has 0 bridgehead atoms. The SMILES string of the molecule is Cc1ccc(C)c(C=CCNCC(C)C)c1. The molecule has 0 aliphatic carbocycles. The fraction of sp³-hybridized carbons (Fsp3) is 0.467. The van der Waals surface area contributed by atoms with Gasteiger partial charge in [0, 0.05) is 6.54 Å². The molecule has 0 radical (unpaired) electrons. The molecule has 1 aromatic carbocycles. The third-order valence-electron chi connectivity index (χ3n) is 2.55. The highest BCUT2D eigenvalue weighted by atomic mass is 14.8. The summed E-state index contributed by atoms with van der Waals surface area (Å²) in [6.07, 6.45) is 4.40. The number of hydrogen-bond donors (Lipinski definition) is 1. The molecule has 0 fully saturated rings. The van der Waals surface area contributed by atoms with E-state index in [-0.39, 0.29) is 0 Å². The maximum Gasteiger partial charge on any atom is 0.0138 e. The molecule has 88 valence electrons. The molecular formula is C15H23N. The molecule has 0 spiro atoms. The van der Waals surface area contributed by atoms with Crippen LogP contribution in [0.3, 0.4) is 0 Å². The van der Waals surface area contributed by atoms with Gasteiger partial charge in [0.2, 0.25) is 0 Å². The van der Waals surface area contributed by atoms with Crippen LogP contribution >= 0.6 is 0 Å². The van der Waals surface area contributed by atoms with Crippen LogP contribution < -0.4 is 5.32 Å². The summed E-state index contributed by atoms with van der Waals surface area (Å²) in [5, 5.41) is 3.40. The van der Waals surface area contributed by atoms with Gasteiger partial charge in [-0.2, -0.15) is 0 Å². The summed E-state index contributed by atoms with van der Waals surface area (Å²) in [6.45, 7) is 10.8. The Morgan fingerprint density at radius 2 is 2.00 bits per heavy atom. The normalized spacial score (nSPS) is 11.6. The lowest BCUT2D eigenvalue weighted by Crippen LogP contribution is -2.19. The summed E-state index contributed by atoms with van der Waals surface area (Å²) < 4.78 is 0. The smallest absolute Gasteiger partial charge is 0.0138 e. The van der Waals surface area contributed by atoms with Gasteiger partial charge in [-0.25, -0.2) is 0 Å². The zero-order valence-electron chi connectivity index (χ0n) is 10.9. The quantitative estimate of drug-likeness (QED) is 0.744. The largest absolute Gasteiger partial charge is 0.313 e. The van der Waals surface area contributed by atoms with Crippen molar-refractivity contribution in [3.05, 3.63) is 41.0 Å². The lowest BCUT2D eigenvalue weighted by Gasteiger charge is -2.04. The van der Waals surface area contributed by atoms with E-state index in [1.165, 1.54) is 16.7 Å². The van der Waals surface area contributed by atoms with Crippen molar-refractivity contribution in [3.63, 3.8) is 0 Å². The Balaban J connectivity index is 2.46. The molecule has 0 aliphatic rings. The minimum atomic E-state index is 0.717. The first kappa shape index (κ1) is 13.0. The monoisotopic (exact) mass is 217 g/mol. The molecule has 0 atom stereocenters. The average molecular weight is 217 g/mol. The third-order valence-corrected chi connectivity index (χ3v) is 2.55.